The van der Waals surface area contributed by atoms with Crippen molar-refractivity contribution in [2.75, 3.05) is 0 Å². The fourth-order valence-corrected chi connectivity index (χ4v) is 2.64. The lowest BCUT2D eigenvalue weighted by Crippen LogP contribution is -2.23. The van der Waals surface area contributed by atoms with Crippen molar-refractivity contribution in [1.82, 2.24) is 0 Å². The van der Waals surface area contributed by atoms with Crippen LogP contribution in [0.5, 0.6) is 5.75 Å². The van der Waals surface area contributed by atoms with E-state index in [9.17, 15) is 4.79 Å². The van der Waals surface area contributed by atoms with E-state index in [4.69, 9.17) is 21.4 Å². The second-order valence-corrected chi connectivity index (χ2v) is 5.29. The minimum absolute atomic E-state index is 0.0274. The van der Waals surface area contributed by atoms with Gasteiger partial charge in [-0.2, -0.15) is 0 Å². The number of carboxylic acids is 1. The van der Waals surface area contributed by atoms with Gasteiger partial charge in [-0.3, -0.25) is 4.79 Å². The van der Waals surface area contributed by atoms with Crippen LogP contribution in [0.3, 0.4) is 0 Å². The van der Waals surface area contributed by atoms with E-state index >= 15 is 0 Å². The zero-order chi connectivity index (χ0) is 13.1. The second-order valence-electron chi connectivity index (χ2n) is 4.88. The van der Waals surface area contributed by atoms with E-state index < -0.39 is 5.97 Å². The molecule has 2 rings (SSSR count). The Bertz CT molecular complexity index is 445. The van der Waals surface area contributed by atoms with Crippen LogP contribution in [0.2, 0.25) is 5.02 Å². The van der Waals surface area contributed by atoms with Gasteiger partial charge in [-0.25, -0.2) is 0 Å². The van der Waals surface area contributed by atoms with Crippen LogP contribution in [0.1, 0.15) is 31.2 Å². The molecule has 1 N–H and O–H groups in total. The number of hydrogen-bond donors (Lipinski definition) is 1. The van der Waals surface area contributed by atoms with Crippen LogP contribution >= 0.6 is 11.6 Å². The fourth-order valence-electron chi connectivity index (χ4n) is 2.48. The van der Waals surface area contributed by atoms with Crippen LogP contribution in [0, 0.1) is 12.8 Å². The molecule has 4 heteroatoms. The molecule has 0 spiro atoms. The Morgan fingerprint density at radius 3 is 3.00 bits per heavy atom. The predicted octanol–water partition coefficient (Wildman–Crippen LogP) is 3.67. The molecule has 3 nitrogen and oxygen atoms in total. The van der Waals surface area contributed by atoms with Gasteiger partial charge in [0.2, 0.25) is 0 Å². The van der Waals surface area contributed by atoms with Crippen molar-refractivity contribution in [3.05, 3.63) is 28.8 Å². The van der Waals surface area contributed by atoms with Gasteiger partial charge in [0.1, 0.15) is 11.9 Å². The van der Waals surface area contributed by atoms with Gasteiger partial charge >= 0.3 is 5.97 Å². The molecule has 1 aromatic rings. The number of rotatable bonds is 4. The summed E-state index contributed by atoms with van der Waals surface area (Å²) in [6.45, 7) is 1.98. The molecule has 1 aliphatic carbocycles. The predicted molar refractivity (Wildman–Crippen MR) is 70.2 cm³/mol. The van der Waals surface area contributed by atoms with Crippen LogP contribution < -0.4 is 4.74 Å². The van der Waals surface area contributed by atoms with Gasteiger partial charge in [0.25, 0.3) is 0 Å². The minimum atomic E-state index is -0.758. The molecule has 1 aromatic carbocycles. The van der Waals surface area contributed by atoms with Crippen molar-refractivity contribution in [1.29, 1.82) is 0 Å². The first-order chi connectivity index (χ1) is 8.56. The van der Waals surface area contributed by atoms with E-state index in [1.54, 1.807) is 0 Å². The van der Waals surface area contributed by atoms with Gasteiger partial charge in [-0.15, -0.1) is 0 Å². The number of carboxylic acid groups (broad SMARTS) is 1. The third-order valence-corrected chi connectivity index (χ3v) is 3.70. The number of ether oxygens (including phenoxy) is 1. The highest BCUT2D eigenvalue weighted by atomic mass is 35.5. The minimum Gasteiger partial charge on any atom is -0.489 e. The Kier molecular flexibility index (Phi) is 4.12. The van der Waals surface area contributed by atoms with Gasteiger partial charge in [0.15, 0.2) is 0 Å². The van der Waals surface area contributed by atoms with Crippen LogP contribution in [-0.4, -0.2) is 17.2 Å². The zero-order valence-electron chi connectivity index (χ0n) is 10.4. The first kappa shape index (κ1) is 13.2. The fraction of sp³-hybridized carbons (Fsp3) is 0.500. The normalized spacial score (nSPS) is 23.0. The number of carbonyl (C=O) groups is 1. The molecule has 1 fully saturated rings. The lowest BCUT2D eigenvalue weighted by atomic mass is 10.0. The average molecular weight is 269 g/mol. The second kappa shape index (κ2) is 5.61. The van der Waals surface area contributed by atoms with Crippen LogP contribution in [0.15, 0.2) is 18.2 Å². The highest BCUT2D eigenvalue weighted by Gasteiger charge is 2.31. The molecule has 18 heavy (non-hydrogen) atoms. The Morgan fingerprint density at radius 2 is 2.28 bits per heavy atom. The van der Waals surface area contributed by atoms with Gasteiger partial charge in [-0.1, -0.05) is 17.7 Å². The summed E-state index contributed by atoms with van der Waals surface area (Å²) in [4.78, 5) is 10.8. The largest absolute Gasteiger partial charge is 0.489 e. The molecule has 0 radical (unpaired) electrons. The molecule has 2 atom stereocenters. The molecule has 0 bridgehead atoms. The molecule has 2 unspecified atom stereocenters. The summed E-state index contributed by atoms with van der Waals surface area (Å²) in [5, 5.41) is 9.46. The van der Waals surface area contributed by atoms with Crippen LogP contribution in [0.25, 0.3) is 0 Å². The molecular formula is C14H17ClO3. The molecule has 1 saturated carbocycles. The third-order valence-electron chi connectivity index (χ3n) is 3.39. The summed E-state index contributed by atoms with van der Waals surface area (Å²) in [7, 11) is 0. The molecule has 0 aromatic heterocycles. The SMILES string of the molecule is Cc1ccc(Cl)c(OC2CCCC2CC(=O)O)c1. The van der Waals surface area contributed by atoms with Crippen LogP contribution in [-0.2, 0) is 4.79 Å². The van der Waals surface area contributed by atoms with Crippen molar-refractivity contribution < 1.29 is 14.6 Å². The van der Waals surface area contributed by atoms with E-state index in [1.807, 2.05) is 25.1 Å². The van der Waals surface area contributed by atoms with Crippen molar-refractivity contribution >= 4 is 17.6 Å². The van der Waals surface area contributed by atoms with E-state index in [2.05, 4.69) is 0 Å². The Hall–Kier alpha value is -1.22. The molecule has 0 aliphatic heterocycles. The Morgan fingerprint density at radius 1 is 1.50 bits per heavy atom. The lowest BCUT2D eigenvalue weighted by Gasteiger charge is -2.20. The lowest BCUT2D eigenvalue weighted by molar-refractivity contribution is -0.138. The maximum absolute atomic E-state index is 10.8. The average Bonchev–Trinajstić information content (AvgIpc) is 2.70. The number of benzene rings is 1. The Balaban J connectivity index is 2.08. The summed E-state index contributed by atoms with van der Waals surface area (Å²) in [5.41, 5.74) is 1.09. The first-order valence-electron chi connectivity index (χ1n) is 6.21. The van der Waals surface area contributed by atoms with E-state index in [-0.39, 0.29) is 18.4 Å². The number of hydrogen-bond acceptors (Lipinski definition) is 2. The molecule has 1 aliphatic rings. The zero-order valence-corrected chi connectivity index (χ0v) is 11.1. The number of aryl methyl sites for hydroxylation is 1. The standard InChI is InChI=1S/C14H17ClO3/c1-9-5-6-11(15)13(7-9)18-12-4-2-3-10(12)8-14(16)17/h5-7,10,12H,2-4,8H2,1H3,(H,16,17). The summed E-state index contributed by atoms with van der Waals surface area (Å²) >= 11 is 6.09. The highest BCUT2D eigenvalue weighted by molar-refractivity contribution is 6.32. The topological polar surface area (TPSA) is 46.5 Å². The summed E-state index contributed by atoms with van der Waals surface area (Å²) in [6.07, 6.45) is 2.99. The maximum atomic E-state index is 10.8. The smallest absolute Gasteiger partial charge is 0.303 e. The van der Waals surface area contributed by atoms with Crippen molar-refractivity contribution in [2.24, 2.45) is 5.92 Å². The summed E-state index contributed by atoms with van der Waals surface area (Å²) in [5.74, 6) is 0.00359. The first-order valence-corrected chi connectivity index (χ1v) is 6.58. The quantitative estimate of drug-likeness (QED) is 0.906. The molecule has 0 heterocycles. The monoisotopic (exact) mass is 268 g/mol. The maximum Gasteiger partial charge on any atom is 0.303 e. The molecular weight excluding hydrogens is 252 g/mol. The summed E-state index contributed by atoms with van der Waals surface area (Å²) < 4.78 is 5.91. The number of halogens is 1. The third kappa shape index (κ3) is 3.16. The van der Waals surface area contributed by atoms with Crippen molar-refractivity contribution in [2.45, 2.75) is 38.7 Å². The van der Waals surface area contributed by atoms with Gasteiger partial charge < -0.3 is 9.84 Å². The van der Waals surface area contributed by atoms with Crippen molar-refractivity contribution in [3.8, 4) is 5.75 Å². The van der Waals surface area contributed by atoms with Gasteiger partial charge in [0.05, 0.1) is 11.4 Å². The number of aliphatic carboxylic acids is 1. The van der Waals surface area contributed by atoms with Gasteiger partial charge in [0, 0.05) is 5.92 Å². The molecule has 0 saturated heterocycles. The van der Waals surface area contributed by atoms with E-state index in [0.717, 1.165) is 24.8 Å². The van der Waals surface area contributed by atoms with E-state index in [0.29, 0.717) is 10.8 Å². The van der Waals surface area contributed by atoms with Crippen LogP contribution in [0.4, 0.5) is 0 Å². The Labute approximate surface area is 112 Å². The van der Waals surface area contributed by atoms with E-state index in [1.165, 1.54) is 0 Å². The van der Waals surface area contributed by atoms with Crippen molar-refractivity contribution in [3.63, 3.8) is 0 Å². The summed E-state index contributed by atoms with van der Waals surface area (Å²) in [6, 6.07) is 5.64. The molecule has 98 valence electrons. The highest BCUT2D eigenvalue weighted by Crippen LogP contribution is 2.34. The molecule has 0 amide bonds. The van der Waals surface area contributed by atoms with Gasteiger partial charge in [-0.05, 0) is 43.9 Å².